The van der Waals surface area contributed by atoms with E-state index in [0.29, 0.717) is 6.42 Å². The highest BCUT2D eigenvalue weighted by molar-refractivity contribution is 6.00. The van der Waals surface area contributed by atoms with Gasteiger partial charge in [-0.25, -0.2) is 0 Å². The standard InChI is InChI=1S/C9H11N3O2/c1-12-8(2-3-10-12)7-4-6(13)5-9(14)11-7/h2-3,7H,4-5H2,1H3,(H,11,14). The van der Waals surface area contributed by atoms with Gasteiger partial charge in [-0.2, -0.15) is 5.10 Å². The number of nitrogens with zero attached hydrogens (tertiary/aromatic N) is 2. The van der Waals surface area contributed by atoms with Crippen molar-refractivity contribution in [3.8, 4) is 0 Å². The number of piperidine rings is 1. The van der Waals surface area contributed by atoms with Crippen LogP contribution in [0.2, 0.25) is 0 Å². The number of hydrogen-bond donors (Lipinski definition) is 1. The fourth-order valence-corrected chi connectivity index (χ4v) is 1.68. The lowest BCUT2D eigenvalue weighted by Crippen LogP contribution is -2.37. The Morgan fingerprint density at radius 1 is 1.57 bits per heavy atom. The first-order valence-corrected chi connectivity index (χ1v) is 4.46. The minimum atomic E-state index is -0.212. The number of hydrogen-bond acceptors (Lipinski definition) is 3. The lowest BCUT2D eigenvalue weighted by molar-refractivity contribution is -0.132. The molecule has 0 aromatic carbocycles. The van der Waals surface area contributed by atoms with Crippen molar-refractivity contribution in [3.05, 3.63) is 18.0 Å². The molecule has 1 amide bonds. The van der Waals surface area contributed by atoms with E-state index < -0.39 is 0 Å². The molecule has 1 aromatic rings. The van der Waals surface area contributed by atoms with Gasteiger partial charge in [-0.1, -0.05) is 0 Å². The van der Waals surface area contributed by atoms with Crippen LogP contribution in [0.5, 0.6) is 0 Å². The molecule has 2 rings (SSSR count). The van der Waals surface area contributed by atoms with E-state index in [1.54, 1.807) is 17.9 Å². The van der Waals surface area contributed by atoms with E-state index in [-0.39, 0.29) is 24.2 Å². The van der Waals surface area contributed by atoms with Crippen molar-refractivity contribution in [2.45, 2.75) is 18.9 Å². The van der Waals surface area contributed by atoms with Gasteiger partial charge in [-0.15, -0.1) is 0 Å². The van der Waals surface area contributed by atoms with E-state index in [2.05, 4.69) is 10.4 Å². The molecule has 1 N–H and O–H groups in total. The molecule has 2 heterocycles. The third-order valence-electron chi connectivity index (χ3n) is 2.34. The Balaban J connectivity index is 2.23. The second kappa shape index (κ2) is 3.25. The first-order valence-electron chi connectivity index (χ1n) is 4.46. The third kappa shape index (κ3) is 1.53. The highest BCUT2D eigenvalue weighted by Crippen LogP contribution is 2.20. The van der Waals surface area contributed by atoms with Crippen LogP contribution < -0.4 is 5.32 Å². The molecule has 1 aliphatic heterocycles. The second-order valence-corrected chi connectivity index (χ2v) is 3.42. The van der Waals surface area contributed by atoms with Gasteiger partial charge in [-0.05, 0) is 6.07 Å². The van der Waals surface area contributed by atoms with Gasteiger partial charge >= 0.3 is 0 Å². The summed E-state index contributed by atoms with van der Waals surface area (Å²) in [5.41, 5.74) is 0.867. The highest BCUT2D eigenvalue weighted by Gasteiger charge is 2.27. The molecule has 0 saturated carbocycles. The number of carbonyl (C=O) groups excluding carboxylic acids is 2. The maximum absolute atomic E-state index is 11.2. The number of aryl methyl sites for hydroxylation is 1. The molecule has 1 saturated heterocycles. The van der Waals surface area contributed by atoms with Crippen LogP contribution in [0.3, 0.4) is 0 Å². The van der Waals surface area contributed by atoms with Crippen LogP contribution in [0.15, 0.2) is 12.3 Å². The van der Waals surface area contributed by atoms with Gasteiger partial charge in [0.1, 0.15) is 5.78 Å². The van der Waals surface area contributed by atoms with Gasteiger partial charge in [0.15, 0.2) is 0 Å². The minimum Gasteiger partial charge on any atom is -0.347 e. The molecule has 0 bridgehead atoms. The van der Waals surface area contributed by atoms with Crippen LogP contribution in [-0.2, 0) is 16.6 Å². The predicted molar refractivity (Wildman–Crippen MR) is 48.3 cm³/mol. The molecular formula is C9H11N3O2. The molecule has 0 aliphatic carbocycles. The maximum atomic E-state index is 11.2. The zero-order chi connectivity index (χ0) is 10.1. The zero-order valence-corrected chi connectivity index (χ0v) is 7.86. The zero-order valence-electron chi connectivity index (χ0n) is 7.86. The molecule has 5 nitrogen and oxygen atoms in total. The van der Waals surface area contributed by atoms with Crippen molar-refractivity contribution >= 4 is 11.7 Å². The van der Waals surface area contributed by atoms with Crippen molar-refractivity contribution in [1.29, 1.82) is 0 Å². The molecule has 1 unspecified atom stereocenters. The van der Waals surface area contributed by atoms with Gasteiger partial charge < -0.3 is 5.32 Å². The van der Waals surface area contributed by atoms with Crippen molar-refractivity contribution in [2.75, 3.05) is 0 Å². The first kappa shape index (κ1) is 8.93. The molecule has 5 heteroatoms. The third-order valence-corrected chi connectivity index (χ3v) is 2.34. The van der Waals surface area contributed by atoms with Gasteiger partial charge in [-0.3, -0.25) is 14.3 Å². The molecule has 74 valence electrons. The lowest BCUT2D eigenvalue weighted by atomic mass is 10.0. The Morgan fingerprint density at radius 3 is 2.93 bits per heavy atom. The molecule has 1 fully saturated rings. The first-order chi connectivity index (χ1) is 6.66. The summed E-state index contributed by atoms with van der Waals surface area (Å²) in [5.74, 6) is -0.215. The average Bonchev–Trinajstić information content (AvgIpc) is 2.49. The summed E-state index contributed by atoms with van der Waals surface area (Å²) in [6, 6.07) is 1.60. The number of nitrogens with one attached hydrogen (secondary N) is 1. The number of ketones is 1. The largest absolute Gasteiger partial charge is 0.347 e. The van der Waals surface area contributed by atoms with Crippen molar-refractivity contribution in [3.63, 3.8) is 0 Å². The molecule has 14 heavy (non-hydrogen) atoms. The predicted octanol–water partition coefficient (Wildman–Crippen LogP) is -0.0597. The Morgan fingerprint density at radius 2 is 2.36 bits per heavy atom. The Hall–Kier alpha value is -1.65. The van der Waals surface area contributed by atoms with Crippen LogP contribution in [0.4, 0.5) is 0 Å². The summed E-state index contributed by atoms with van der Waals surface area (Å²) in [4.78, 5) is 22.3. The van der Waals surface area contributed by atoms with E-state index in [0.717, 1.165) is 5.69 Å². The Labute approximate surface area is 81.1 Å². The van der Waals surface area contributed by atoms with Gasteiger partial charge in [0.25, 0.3) is 0 Å². The molecule has 1 aliphatic rings. The van der Waals surface area contributed by atoms with Crippen LogP contribution in [-0.4, -0.2) is 21.5 Å². The van der Waals surface area contributed by atoms with E-state index in [1.807, 2.05) is 6.07 Å². The molecule has 0 radical (unpaired) electrons. The van der Waals surface area contributed by atoms with Crippen molar-refractivity contribution in [1.82, 2.24) is 15.1 Å². The van der Waals surface area contributed by atoms with Crippen molar-refractivity contribution in [2.24, 2.45) is 7.05 Å². The monoisotopic (exact) mass is 193 g/mol. The average molecular weight is 193 g/mol. The Bertz CT molecular complexity index is 367. The van der Waals surface area contributed by atoms with E-state index in [1.165, 1.54) is 0 Å². The molecule has 0 spiro atoms. The van der Waals surface area contributed by atoms with Crippen LogP contribution in [0, 0.1) is 0 Å². The SMILES string of the molecule is Cn1nccc1C1CC(=O)CC(=O)N1. The van der Waals surface area contributed by atoms with Crippen LogP contribution in [0.25, 0.3) is 0 Å². The summed E-state index contributed by atoms with van der Waals surface area (Å²) >= 11 is 0. The lowest BCUT2D eigenvalue weighted by Gasteiger charge is -2.22. The van der Waals surface area contributed by atoms with E-state index in [9.17, 15) is 9.59 Å². The quantitative estimate of drug-likeness (QED) is 0.635. The summed E-state index contributed by atoms with van der Waals surface area (Å²) in [6.07, 6.45) is 2.03. The number of Topliss-reactive ketones (excluding diaryl/α,β-unsaturated/α-hetero) is 1. The maximum Gasteiger partial charge on any atom is 0.227 e. The summed E-state index contributed by atoms with van der Waals surface area (Å²) in [5, 5.41) is 6.77. The summed E-state index contributed by atoms with van der Waals surface area (Å²) in [7, 11) is 1.79. The molecular weight excluding hydrogens is 182 g/mol. The van der Waals surface area contributed by atoms with Gasteiger partial charge in [0, 0.05) is 19.7 Å². The number of aromatic nitrogens is 2. The smallest absolute Gasteiger partial charge is 0.227 e. The Kier molecular flexibility index (Phi) is 2.07. The topological polar surface area (TPSA) is 64.0 Å². The van der Waals surface area contributed by atoms with Crippen LogP contribution in [0.1, 0.15) is 24.6 Å². The molecule has 1 aromatic heterocycles. The minimum absolute atomic E-state index is 0.00829. The second-order valence-electron chi connectivity index (χ2n) is 3.42. The fourth-order valence-electron chi connectivity index (χ4n) is 1.68. The number of carbonyl (C=O) groups is 2. The molecule has 1 atom stereocenters. The number of amides is 1. The number of rotatable bonds is 1. The van der Waals surface area contributed by atoms with E-state index >= 15 is 0 Å². The fraction of sp³-hybridized carbons (Fsp3) is 0.444. The van der Waals surface area contributed by atoms with Crippen molar-refractivity contribution < 1.29 is 9.59 Å². The highest BCUT2D eigenvalue weighted by atomic mass is 16.2. The normalized spacial score (nSPS) is 22.2. The summed E-state index contributed by atoms with van der Waals surface area (Å²) < 4.78 is 1.67. The van der Waals surface area contributed by atoms with Gasteiger partial charge in [0.05, 0.1) is 18.2 Å². The van der Waals surface area contributed by atoms with Gasteiger partial charge in [0.2, 0.25) is 5.91 Å². The van der Waals surface area contributed by atoms with Crippen LogP contribution >= 0.6 is 0 Å². The van der Waals surface area contributed by atoms with E-state index in [4.69, 9.17) is 0 Å². The summed E-state index contributed by atoms with van der Waals surface area (Å²) in [6.45, 7) is 0.